The number of nitrogens with one attached hydrogen (secondary N) is 1. The van der Waals surface area contributed by atoms with Crippen molar-refractivity contribution in [2.75, 3.05) is 6.61 Å². The summed E-state index contributed by atoms with van der Waals surface area (Å²) in [6, 6.07) is 5.87. The number of thioether (sulfide) groups is 1. The molecule has 3 rings (SSSR count). The predicted molar refractivity (Wildman–Crippen MR) is 83.4 cm³/mol. The second kappa shape index (κ2) is 6.39. The zero-order chi connectivity index (χ0) is 14.7. The molecule has 0 atom stereocenters. The van der Waals surface area contributed by atoms with E-state index in [0.717, 1.165) is 35.2 Å². The summed E-state index contributed by atoms with van der Waals surface area (Å²) in [5.74, 6) is 2.34. The van der Waals surface area contributed by atoms with E-state index >= 15 is 0 Å². The lowest BCUT2D eigenvalue weighted by Crippen LogP contribution is -2.19. The molecule has 0 amide bonds. The van der Waals surface area contributed by atoms with E-state index in [1.807, 2.05) is 18.2 Å². The topological polar surface area (TPSA) is 59.9 Å². The van der Waals surface area contributed by atoms with Crippen molar-refractivity contribution in [3.05, 3.63) is 34.5 Å². The Hall–Kier alpha value is -1.69. The van der Waals surface area contributed by atoms with Crippen LogP contribution in [0.15, 0.2) is 27.9 Å². The first-order valence-corrected chi connectivity index (χ1v) is 8.34. The molecule has 1 N–H and O–H groups in total. The van der Waals surface area contributed by atoms with Crippen molar-refractivity contribution in [1.82, 2.24) is 14.8 Å². The van der Waals surface area contributed by atoms with Gasteiger partial charge in [-0.1, -0.05) is 26.2 Å². The van der Waals surface area contributed by atoms with Crippen molar-refractivity contribution < 1.29 is 4.74 Å². The Kier molecular flexibility index (Phi) is 4.34. The molecule has 1 aliphatic heterocycles. The van der Waals surface area contributed by atoms with Gasteiger partial charge in [-0.15, -0.1) is 11.8 Å². The number of fused-ring (bicyclic) bond motifs is 3. The summed E-state index contributed by atoms with van der Waals surface area (Å²) >= 11 is 1.68. The highest BCUT2D eigenvalue weighted by Crippen LogP contribution is 2.35. The fraction of sp³-hybridized carbons (Fsp3) is 0.467. The van der Waals surface area contributed by atoms with Gasteiger partial charge < -0.3 is 4.74 Å². The monoisotopic (exact) mass is 305 g/mol. The number of aromatic amines is 1. The zero-order valence-corrected chi connectivity index (χ0v) is 12.9. The van der Waals surface area contributed by atoms with E-state index in [9.17, 15) is 4.79 Å². The number of aromatic nitrogens is 3. The summed E-state index contributed by atoms with van der Waals surface area (Å²) < 4.78 is 7.43. The Morgan fingerprint density at radius 3 is 3.14 bits per heavy atom. The first-order chi connectivity index (χ1) is 10.3. The van der Waals surface area contributed by atoms with Crippen molar-refractivity contribution in [2.45, 2.75) is 43.3 Å². The molecular formula is C15H19N3O2S. The van der Waals surface area contributed by atoms with E-state index in [0.29, 0.717) is 5.75 Å². The minimum absolute atomic E-state index is 0.181. The second-order valence-corrected chi connectivity index (χ2v) is 6.12. The Morgan fingerprint density at radius 2 is 2.29 bits per heavy atom. The van der Waals surface area contributed by atoms with Gasteiger partial charge in [-0.05, 0) is 24.6 Å². The highest BCUT2D eigenvalue weighted by atomic mass is 32.2. The number of hydrogen-bond donors (Lipinski definition) is 1. The van der Waals surface area contributed by atoms with Gasteiger partial charge in [0.2, 0.25) is 0 Å². The molecule has 0 radical (unpaired) electrons. The van der Waals surface area contributed by atoms with Crippen LogP contribution in [0, 0.1) is 0 Å². The lowest BCUT2D eigenvalue weighted by molar-refractivity contribution is 0.304. The summed E-state index contributed by atoms with van der Waals surface area (Å²) in [4.78, 5) is 12.9. The average molecular weight is 305 g/mol. The van der Waals surface area contributed by atoms with Crippen LogP contribution in [-0.2, 0) is 5.75 Å². The molecule has 0 saturated carbocycles. The Labute approximate surface area is 127 Å². The van der Waals surface area contributed by atoms with Gasteiger partial charge >= 0.3 is 5.69 Å². The van der Waals surface area contributed by atoms with E-state index in [-0.39, 0.29) is 5.69 Å². The summed E-state index contributed by atoms with van der Waals surface area (Å²) in [6.07, 6.45) is 4.79. The molecule has 6 heteroatoms. The van der Waals surface area contributed by atoms with Crippen molar-refractivity contribution >= 4 is 11.8 Å². The molecule has 1 aliphatic rings. The fourth-order valence-electron chi connectivity index (χ4n) is 2.42. The van der Waals surface area contributed by atoms with Gasteiger partial charge in [0.1, 0.15) is 11.6 Å². The summed E-state index contributed by atoms with van der Waals surface area (Å²) in [5, 5.41) is 6.53. The minimum atomic E-state index is -0.181. The number of H-pyrrole nitrogens is 1. The summed E-state index contributed by atoms with van der Waals surface area (Å²) in [5.41, 5.74) is 0.707. The third-order valence-corrected chi connectivity index (χ3v) is 4.58. The number of ether oxygens (including phenoxy) is 1. The summed E-state index contributed by atoms with van der Waals surface area (Å²) in [6.45, 7) is 2.95. The number of nitrogens with zero attached hydrogens (tertiary/aromatic N) is 2. The molecule has 2 aromatic rings. The van der Waals surface area contributed by atoms with Gasteiger partial charge in [0.05, 0.1) is 18.0 Å². The smallest absolute Gasteiger partial charge is 0.348 e. The second-order valence-electron chi connectivity index (χ2n) is 5.11. The van der Waals surface area contributed by atoms with Gasteiger partial charge in [0.25, 0.3) is 0 Å². The summed E-state index contributed by atoms with van der Waals surface area (Å²) in [7, 11) is 0. The van der Waals surface area contributed by atoms with Gasteiger partial charge in [0, 0.05) is 4.90 Å². The first-order valence-electron chi connectivity index (χ1n) is 7.36. The highest BCUT2D eigenvalue weighted by molar-refractivity contribution is 7.98. The number of benzene rings is 1. The molecule has 0 saturated heterocycles. The van der Waals surface area contributed by atoms with Crippen LogP contribution >= 0.6 is 11.8 Å². The third kappa shape index (κ3) is 3.00. The van der Waals surface area contributed by atoms with Crippen LogP contribution < -0.4 is 10.4 Å². The van der Waals surface area contributed by atoms with Gasteiger partial charge in [-0.25, -0.2) is 14.5 Å². The normalized spacial score (nSPS) is 12.8. The van der Waals surface area contributed by atoms with Crippen LogP contribution in [0.25, 0.3) is 5.69 Å². The molecule has 112 valence electrons. The molecule has 1 aromatic heterocycles. The zero-order valence-electron chi connectivity index (χ0n) is 12.1. The fourth-order valence-corrected chi connectivity index (χ4v) is 3.41. The number of unbranched alkanes of at least 4 members (excludes halogenated alkanes) is 3. The van der Waals surface area contributed by atoms with E-state index in [4.69, 9.17) is 4.74 Å². The maximum absolute atomic E-state index is 11.8. The minimum Gasteiger partial charge on any atom is -0.494 e. The SMILES string of the molecule is CCCCCCOc1ccc2c(c1)SCc1n[nH]c(=O)n1-2. The van der Waals surface area contributed by atoms with E-state index < -0.39 is 0 Å². The molecule has 21 heavy (non-hydrogen) atoms. The van der Waals surface area contributed by atoms with Crippen molar-refractivity contribution in [1.29, 1.82) is 0 Å². The van der Waals surface area contributed by atoms with Crippen LogP contribution in [0.3, 0.4) is 0 Å². The van der Waals surface area contributed by atoms with E-state index in [2.05, 4.69) is 17.1 Å². The molecule has 0 spiro atoms. The van der Waals surface area contributed by atoms with Crippen LogP contribution in [0.1, 0.15) is 38.4 Å². The Balaban J connectivity index is 1.72. The maximum Gasteiger partial charge on any atom is 0.348 e. The molecular weight excluding hydrogens is 286 g/mol. The molecule has 2 heterocycles. The quantitative estimate of drug-likeness (QED) is 0.833. The Morgan fingerprint density at radius 1 is 1.38 bits per heavy atom. The molecule has 0 aliphatic carbocycles. The van der Waals surface area contributed by atoms with Crippen molar-refractivity contribution in [3.63, 3.8) is 0 Å². The number of rotatable bonds is 6. The van der Waals surface area contributed by atoms with E-state index in [1.165, 1.54) is 19.3 Å². The highest BCUT2D eigenvalue weighted by Gasteiger charge is 2.20. The van der Waals surface area contributed by atoms with Crippen LogP contribution in [0.4, 0.5) is 0 Å². The molecule has 0 fully saturated rings. The average Bonchev–Trinajstić information content (AvgIpc) is 2.89. The molecule has 0 unspecified atom stereocenters. The van der Waals surface area contributed by atoms with Gasteiger partial charge in [0.15, 0.2) is 0 Å². The molecule has 0 bridgehead atoms. The van der Waals surface area contributed by atoms with Crippen LogP contribution in [-0.4, -0.2) is 21.4 Å². The van der Waals surface area contributed by atoms with E-state index in [1.54, 1.807) is 16.3 Å². The standard InChI is InChI=1S/C15H19N3O2S/c1-2-3-4-5-8-20-11-6-7-12-13(9-11)21-10-14-16-17-15(19)18(12)14/h6-7,9H,2-5,8,10H2,1H3,(H,17,19). The predicted octanol–water partition coefficient (Wildman–Crippen LogP) is 3.13. The number of hydrogen-bond acceptors (Lipinski definition) is 4. The maximum atomic E-state index is 11.8. The van der Waals surface area contributed by atoms with Crippen molar-refractivity contribution in [2.24, 2.45) is 0 Å². The lowest BCUT2D eigenvalue weighted by atomic mass is 10.2. The Bertz CT molecular complexity index is 678. The van der Waals surface area contributed by atoms with Gasteiger partial charge in [-0.2, -0.15) is 5.10 Å². The van der Waals surface area contributed by atoms with Gasteiger partial charge in [-0.3, -0.25) is 0 Å². The first kappa shape index (κ1) is 14.3. The lowest BCUT2D eigenvalue weighted by Gasteiger charge is -2.17. The molecule has 1 aromatic carbocycles. The van der Waals surface area contributed by atoms with Crippen molar-refractivity contribution in [3.8, 4) is 11.4 Å². The van der Waals surface area contributed by atoms with Crippen LogP contribution in [0.5, 0.6) is 5.75 Å². The largest absolute Gasteiger partial charge is 0.494 e. The third-order valence-electron chi connectivity index (χ3n) is 3.54. The van der Waals surface area contributed by atoms with Crippen LogP contribution in [0.2, 0.25) is 0 Å². The molecule has 5 nitrogen and oxygen atoms in total.